The number of hydrogen-bond acceptors (Lipinski definition) is 3. The van der Waals surface area contributed by atoms with E-state index in [4.69, 9.17) is 4.74 Å². The molecule has 0 aromatic heterocycles. The summed E-state index contributed by atoms with van der Waals surface area (Å²) in [5, 5.41) is 15.9. The predicted octanol–water partition coefficient (Wildman–Crippen LogP) is 3.09. The topological polar surface area (TPSA) is 65.9 Å². The summed E-state index contributed by atoms with van der Waals surface area (Å²) in [5.74, 6) is 0.507. The van der Waals surface area contributed by atoms with Gasteiger partial charge in [-0.2, -0.15) is 0 Å². The number of rotatable bonds is 8. The van der Waals surface area contributed by atoms with Gasteiger partial charge in [0.2, 0.25) is 0 Å². The van der Waals surface area contributed by atoms with Gasteiger partial charge in [0.15, 0.2) is 5.96 Å². The molecule has 148 valence electrons. The summed E-state index contributed by atoms with van der Waals surface area (Å²) < 4.78 is 19.3. The van der Waals surface area contributed by atoms with Crippen LogP contribution < -0.4 is 10.6 Å². The maximum Gasteiger partial charge on any atom is 0.191 e. The van der Waals surface area contributed by atoms with Crippen LogP contribution in [0.4, 0.5) is 4.39 Å². The van der Waals surface area contributed by atoms with Crippen LogP contribution in [-0.2, 0) is 11.2 Å². The highest BCUT2D eigenvalue weighted by atomic mass is 127. The highest BCUT2D eigenvalue weighted by molar-refractivity contribution is 14.0. The van der Waals surface area contributed by atoms with Gasteiger partial charge >= 0.3 is 0 Å². The van der Waals surface area contributed by atoms with E-state index in [1.807, 2.05) is 6.92 Å². The maximum absolute atomic E-state index is 13.3. The molecule has 5 nitrogen and oxygen atoms in total. The lowest BCUT2D eigenvalue weighted by atomic mass is 9.84. The third-order valence-corrected chi connectivity index (χ3v) is 5.04. The van der Waals surface area contributed by atoms with Crippen molar-refractivity contribution in [2.75, 3.05) is 39.5 Å². The van der Waals surface area contributed by atoms with E-state index in [9.17, 15) is 9.50 Å². The lowest BCUT2D eigenvalue weighted by Gasteiger charge is -2.24. The Balaban J connectivity index is 0.00000338. The first-order valence-electron chi connectivity index (χ1n) is 8.73. The Labute approximate surface area is 180 Å². The molecule has 0 bridgehead atoms. The SMILES string of the molecule is CCNC(=NCC1(CCO)CCOC1)NCCc1ccc(F)c(Br)c1.I. The Morgan fingerprint density at radius 2 is 2.23 bits per heavy atom. The van der Waals surface area contributed by atoms with Crippen molar-refractivity contribution in [3.05, 3.63) is 34.1 Å². The largest absolute Gasteiger partial charge is 0.396 e. The minimum atomic E-state index is -0.250. The molecule has 1 heterocycles. The Bertz CT molecular complexity index is 584. The summed E-state index contributed by atoms with van der Waals surface area (Å²) in [6.07, 6.45) is 2.41. The molecule has 1 aliphatic heterocycles. The first-order valence-corrected chi connectivity index (χ1v) is 9.52. The quantitative estimate of drug-likeness (QED) is 0.268. The van der Waals surface area contributed by atoms with E-state index >= 15 is 0 Å². The van der Waals surface area contributed by atoms with Gasteiger partial charge in [0.25, 0.3) is 0 Å². The van der Waals surface area contributed by atoms with E-state index in [1.54, 1.807) is 12.1 Å². The van der Waals surface area contributed by atoms with Crippen molar-refractivity contribution in [1.29, 1.82) is 0 Å². The molecule has 1 atom stereocenters. The molecule has 1 aromatic rings. The summed E-state index contributed by atoms with van der Waals surface area (Å²) in [7, 11) is 0. The number of benzene rings is 1. The van der Waals surface area contributed by atoms with Crippen LogP contribution in [0.3, 0.4) is 0 Å². The minimum absolute atomic E-state index is 0. The number of hydrogen-bond donors (Lipinski definition) is 3. The van der Waals surface area contributed by atoms with Crippen molar-refractivity contribution in [1.82, 2.24) is 10.6 Å². The molecule has 1 aromatic carbocycles. The highest BCUT2D eigenvalue weighted by Gasteiger charge is 2.34. The van der Waals surface area contributed by atoms with Gasteiger partial charge in [-0.1, -0.05) is 6.07 Å². The van der Waals surface area contributed by atoms with Gasteiger partial charge in [0, 0.05) is 31.7 Å². The number of halogens is 3. The third kappa shape index (κ3) is 7.28. The molecule has 0 spiro atoms. The summed E-state index contributed by atoms with van der Waals surface area (Å²) in [5.41, 5.74) is 0.997. The zero-order valence-electron chi connectivity index (χ0n) is 15.1. The molecule has 1 fully saturated rings. The minimum Gasteiger partial charge on any atom is -0.396 e. The van der Waals surface area contributed by atoms with E-state index in [-0.39, 0.29) is 41.8 Å². The average Bonchev–Trinajstić information content (AvgIpc) is 3.05. The molecular formula is C18H28BrFIN3O2. The number of aliphatic hydroxyl groups is 1. The molecule has 1 unspecified atom stereocenters. The van der Waals surface area contributed by atoms with Crippen molar-refractivity contribution in [3.8, 4) is 0 Å². The van der Waals surface area contributed by atoms with E-state index in [2.05, 4.69) is 31.6 Å². The van der Waals surface area contributed by atoms with Crippen molar-refractivity contribution in [3.63, 3.8) is 0 Å². The van der Waals surface area contributed by atoms with Crippen molar-refractivity contribution in [2.45, 2.75) is 26.2 Å². The fraction of sp³-hybridized carbons (Fsp3) is 0.611. The number of nitrogens with one attached hydrogen (secondary N) is 2. The van der Waals surface area contributed by atoms with Crippen molar-refractivity contribution < 1.29 is 14.2 Å². The van der Waals surface area contributed by atoms with Crippen LogP contribution in [0.5, 0.6) is 0 Å². The fourth-order valence-corrected chi connectivity index (χ4v) is 3.32. The molecule has 8 heteroatoms. The second kappa shape index (κ2) is 12.1. The van der Waals surface area contributed by atoms with Gasteiger partial charge in [0.1, 0.15) is 5.82 Å². The van der Waals surface area contributed by atoms with Crippen LogP contribution in [0, 0.1) is 11.2 Å². The lowest BCUT2D eigenvalue weighted by molar-refractivity contribution is 0.131. The van der Waals surface area contributed by atoms with Crippen LogP contribution in [0.15, 0.2) is 27.7 Å². The number of aliphatic imine (C=N–C) groups is 1. The van der Waals surface area contributed by atoms with Crippen molar-refractivity contribution >= 4 is 45.9 Å². The Morgan fingerprint density at radius 3 is 2.85 bits per heavy atom. The second-order valence-corrected chi connectivity index (χ2v) is 7.25. The molecule has 1 aliphatic rings. The van der Waals surface area contributed by atoms with E-state index in [0.29, 0.717) is 30.6 Å². The Kier molecular flexibility index (Phi) is 11.0. The molecule has 0 aliphatic carbocycles. The summed E-state index contributed by atoms with van der Waals surface area (Å²) >= 11 is 3.21. The first kappa shape index (κ1) is 23.6. The lowest BCUT2D eigenvalue weighted by Crippen LogP contribution is -2.39. The summed E-state index contributed by atoms with van der Waals surface area (Å²) in [6.45, 7) is 5.67. The normalized spacial score (nSPS) is 19.9. The standard InChI is InChI=1S/C18H27BrFN3O2.HI/c1-2-21-17(23-12-18(6-9-24)7-10-25-13-18)22-8-5-14-3-4-16(20)15(19)11-14;/h3-4,11,24H,2,5-10,12-13H2,1H3,(H2,21,22,23);1H. The van der Waals surface area contributed by atoms with Gasteiger partial charge in [-0.05, 0) is 59.8 Å². The molecule has 0 saturated carbocycles. The van der Waals surface area contributed by atoms with Crippen LogP contribution in [0.2, 0.25) is 0 Å². The molecule has 0 radical (unpaired) electrons. The number of guanidine groups is 1. The van der Waals surface area contributed by atoms with Gasteiger partial charge in [-0.3, -0.25) is 4.99 Å². The highest BCUT2D eigenvalue weighted by Crippen LogP contribution is 2.32. The predicted molar refractivity (Wildman–Crippen MR) is 117 cm³/mol. The molecule has 3 N–H and O–H groups in total. The molecule has 0 amide bonds. The van der Waals surface area contributed by atoms with Crippen LogP contribution >= 0.6 is 39.9 Å². The Morgan fingerprint density at radius 1 is 1.42 bits per heavy atom. The van der Waals surface area contributed by atoms with Gasteiger partial charge in [0.05, 0.1) is 17.6 Å². The van der Waals surface area contributed by atoms with Gasteiger partial charge < -0.3 is 20.5 Å². The fourth-order valence-electron chi connectivity index (χ4n) is 2.90. The third-order valence-electron chi connectivity index (χ3n) is 4.43. The zero-order chi connectivity index (χ0) is 18.1. The smallest absolute Gasteiger partial charge is 0.191 e. The monoisotopic (exact) mass is 543 g/mol. The number of aliphatic hydroxyl groups excluding tert-OH is 1. The second-order valence-electron chi connectivity index (χ2n) is 6.40. The van der Waals surface area contributed by atoms with Gasteiger partial charge in [-0.25, -0.2) is 4.39 Å². The zero-order valence-corrected chi connectivity index (χ0v) is 19.0. The first-order chi connectivity index (χ1) is 12.1. The maximum atomic E-state index is 13.3. The van der Waals surface area contributed by atoms with Crippen LogP contribution in [0.25, 0.3) is 0 Å². The Hall–Kier alpha value is -0.450. The van der Waals surface area contributed by atoms with Crippen molar-refractivity contribution in [2.24, 2.45) is 10.4 Å². The van der Waals surface area contributed by atoms with E-state index in [1.165, 1.54) is 6.07 Å². The number of ether oxygens (including phenoxy) is 1. The van der Waals surface area contributed by atoms with E-state index < -0.39 is 0 Å². The molecular weight excluding hydrogens is 516 g/mol. The molecule has 1 saturated heterocycles. The summed E-state index contributed by atoms with van der Waals surface area (Å²) in [4.78, 5) is 4.68. The molecule has 2 rings (SSSR count). The van der Waals surface area contributed by atoms with Crippen LogP contribution in [-0.4, -0.2) is 50.5 Å². The average molecular weight is 544 g/mol. The summed E-state index contributed by atoms with van der Waals surface area (Å²) in [6, 6.07) is 5.06. The van der Waals surface area contributed by atoms with Gasteiger partial charge in [-0.15, -0.1) is 24.0 Å². The molecule has 26 heavy (non-hydrogen) atoms. The number of nitrogens with zero attached hydrogens (tertiary/aromatic N) is 1. The van der Waals surface area contributed by atoms with Crippen LogP contribution in [0.1, 0.15) is 25.3 Å². The van der Waals surface area contributed by atoms with E-state index in [0.717, 1.165) is 37.5 Å².